The standard InChI is InChI=1S/C10H18N2O2/c1-8(10(13)14)7-11-5-6-12(2)9-3-4-9/h9,11H,1,3-7H2,2H3,(H,13,14). The number of nitrogens with zero attached hydrogens (tertiary/aromatic N) is 1. The third kappa shape index (κ3) is 3.89. The van der Waals surface area contributed by atoms with Gasteiger partial charge in [-0.25, -0.2) is 4.79 Å². The van der Waals surface area contributed by atoms with Crippen LogP contribution in [-0.4, -0.2) is 48.7 Å². The van der Waals surface area contributed by atoms with Crippen LogP contribution < -0.4 is 5.32 Å². The van der Waals surface area contributed by atoms with Crippen LogP contribution >= 0.6 is 0 Å². The maximum Gasteiger partial charge on any atom is 0.332 e. The van der Waals surface area contributed by atoms with E-state index in [2.05, 4.69) is 23.8 Å². The Kier molecular flexibility index (Phi) is 4.10. The maximum absolute atomic E-state index is 10.4. The van der Waals surface area contributed by atoms with Crippen LogP contribution in [0.15, 0.2) is 12.2 Å². The lowest BCUT2D eigenvalue weighted by Gasteiger charge is -2.15. The fourth-order valence-corrected chi connectivity index (χ4v) is 1.27. The molecule has 0 spiro atoms. The van der Waals surface area contributed by atoms with Crippen LogP contribution in [0.3, 0.4) is 0 Å². The van der Waals surface area contributed by atoms with Crippen molar-refractivity contribution in [2.75, 3.05) is 26.7 Å². The molecular weight excluding hydrogens is 180 g/mol. The Morgan fingerprint density at radius 3 is 2.79 bits per heavy atom. The first-order valence-corrected chi connectivity index (χ1v) is 4.93. The number of carbonyl (C=O) groups is 1. The van der Waals surface area contributed by atoms with E-state index in [1.807, 2.05) is 0 Å². The second kappa shape index (κ2) is 5.12. The van der Waals surface area contributed by atoms with E-state index in [1.165, 1.54) is 12.8 Å². The molecule has 0 radical (unpaired) electrons. The molecule has 14 heavy (non-hydrogen) atoms. The van der Waals surface area contributed by atoms with Gasteiger partial charge in [0.05, 0.1) is 0 Å². The topological polar surface area (TPSA) is 52.6 Å². The van der Waals surface area contributed by atoms with E-state index in [0.717, 1.165) is 19.1 Å². The number of hydrogen-bond donors (Lipinski definition) is 2. The zero-order valence-corrected chi connectivity index (χ0v) is 8.62. The zero-order valence-electron chi connectivity index (χ0n) is 8.62. The summed E-state index contributed by atoms with van der Waals surface area (Å²) in [6, 6.07) is 0.763. The van der Waals surface area contributed by atoms with Crippen molar-refractivity contribution in [3.8, 4) is 0 Å². The van der Waals surface area contributed by atoms with Gasteiger partial charge in [-0.05, 0) is 19.9 Å². The van der Waals surface area contributed by atoms with E-state index in [4.69, 9.17) is 5.11 Å². The Labute approximate surface area is 84.6 Å². The number of likely N-dealkylation sites (N-methyl/N-ethyl adjacent to an activating group) is 1. The van der Waals surface area contributed by atoms with Crippen molar-refractivity contribution in [1.29, 1.82) is 0 Å². The number of carboxylic acids is 1. The molecule has 0 atom stereocenters. The number of nitrogens with one attached hydrogen (secondary N) is 1. The van der Waals surface area contributed by atoms with Gasteiger partial charge in [0.25, 0.3) is 0 Å². The molecule has 0 amide bonds. The summed E-state index contributed by atoms with van der Waals surface area (Å²) in [7, 11) is 2.10. The molecule has 1 saturated carbocycles. The van der Waals surface area contributed by atoms with Crippen molar-refractivity contribution < 1.29 is 9.90 Å². The van der Waals surface area contributed by atoms with Gasteiger partial charge < -0.3 is 15.3 Å². The van der Waals surface area contributed by atoms with Gasteiger partial charge in [0, 0.05) is 31.2 Å². The zero-order chi connectivity index (χ0) is 10.6. The van der Waals surface area contributed by atoms with E-state index in [0.29, 0.717) is 6.54 Å². The molecule has 0 saturated heterocycles. The maximum atomic E-state index is 10.4. The van der Waals surface area contributed by atoms with Crippen LogP contribution in [0.5, 0.6) is 0 Å². The van der Waals surface area contributed by atoms with Crippen molar-refractivity contribution >= 4 is 5.97 Å². The van der Waals surface area contributed by atoms with Crippen molar-refractivity contribution in [2.45, 2.75) is 18.9 Å². The van der Waals surface area contributed by atoms with Crippen LogP contribution in [0.2, 0.25) is 0 Å². The second-order valence-corrected chi connectivity index (χ2v) is 3.80. The van der Waals surface area contributed by atoms with E-state index in [1.54, 1.807) is 0 Å². The first-order chi connectivity index (χ1) is 6.61. The van der Waals surface area contributed by atoms with Crippen molar-refractivity contribution in [2.24, 2.45) is 0 Å². The molecule has 0 heterocycles. The molecule has 0 aliphatic heterocycles. The fraction of sp³-hybridized carbons (Fsp3) is 0.700. The van der Waals surface area contributed by atoms with Crippen LogP contribution in [0.25, 0.3) is 0 Å². The molecule has 0 aromatic carbocycles. The van der Waals surface area contributed by atoms with Gasteiger partial charge in [0.1, 0.15) is 0 Å². The number of carboxylic acid groups (broad SMARTS) is 1. The second-order valence-electron chi connectivity index (χ2n) is 3.80. The van der Waals surface area contributed by atoms with Crippen LogP contribution in [-0.2, 0) is 4.79 Å². The van der Waals surface area contributed by atoms with E-state index >= 15 is 0 Å². The van der Waals surface area contributed by atoms with Gasteiger partial charge in [-0.1, -0.05) is 6.58 Å². The summed E-state index contributed by atoms with van der Waals surface area (Å²) >= 11 is 0. The number of rotatable bonds is 7. The van der Waals surface area contributed by atoms with Gasteiger partial charge in [-0.15, -0.1) is 0 Å². The molecule has 0 aromatic rings. The smallest absolute Gasteiger partial charge is 0.332 e. The minimum Gasteiger partial charge on any atom is -0.478 e. The average Bonchev–Trinajstić information content (AvgIpc) is 2.94. The van der Waals surface area contributed by atoms with Crippen molar-refractivity contribution in [3.63, 3.8) is 0 Å². The van der Waals surface area contributed by atoms with Gasteiger partial charge >= 0.3 is 5.97 Å². The van der Waals surface area contributed by atoms with Gasteiger partial charge in [-0.2, -0.15) is 0 Å². The molecule has 0 bridgehead atoms. The first kappa shape index (κ1) is 11.2. The predicted octanol–water partition coefficient (Wildman–Crippen LogP) is 0.311. The van der Waals surface area contributed by atoms with Gasteiger partial charge in [-0.3, -0.25) is 0 Å². The molecule has 1 fully saturated rings. The molecule has 1 aliphatic rings. The molecule has 0 aromatic heterocycles. The predicted molar refractivity (Wildman–Crippen MR) is 55.3 cm³/mol. The van der Waals surface area contributed by atoms with Gasteiger partial charge in [0.2, 0.25) is 0 Å². The summed E-state index contributed by atoms with van der Waals surface area (Å²) in [5, 5.41) is 11.6. The number of aliphatic carboxylic acids is 1. The monoisotopic (exact) mass is 198 g/mol. The summed E-state index contributed by atoms with van der Waals surface area (Å²) in [6.45, 7) is 5.60. The van der Waals surface area contributed by atoms with Crippen LogP contribution in [0, 0.1) is 0 Å². The largest absolute Gasteiger partial charge is 0.478 e. The van der Waals surface area contributed by atoms with Crippen LogP contribution in [0.1, 0.15) is 12.8 Å². The minimum absolute atomic E-state index is 0.221. The lowest BCUT2D eigenvalue weighted by atomic mass is 10.3. The Morgan fingerprint density at radius 1 is 1.64 bits per heavy atom. The first-order valence-electron chi connectivity index (χ1n) is 4.93. The molecule has 1 aliphatic carbocycles. The lowest BCUT2D eigenvalue weighted by Crippen LogP contribution is -2.32. The third-order valence-corrected chi connectivity index (χ3v) is 2.45. The Morgan fingerprint density at radius 2 is 2.29 bits per heavy atom. The minimum atomic E-state index is -0.923. The summed E-state index contributed by atoms with van der Waals surface area (Å²) in [5.41, 5.74) is 0.221. The summed E-state index contributed by atoms with van der Waals surface area (Å²) < 4.78 is 0. The Bertz CT molecular complexity index is 224. The average molecular weight is 198 g/mol. The summed E-state index contributed by atoms with van der Waals surface area (Å²) in [5.74, 6) is -0.923. The molecule has 4 heteroatoms. The van der Waals surface area contributed by atoms with Gasteiger partial charge in [0.15, 0.2) is 0 Å². The lowest BCUT2D eigenvalue weighted by molar-refractivity contribution is -0.132. The van der Waals surface area contributed by atoms with Crippen LogP contribution in [0.4, 0.5) is 0 Å². The molecule has 0 unspecified atom stereocenters. The fourth-order valence-electron chi connectivity index (χ4n) is 1.27. The van der Waals surface area contributed by atoms with E-state index in [-0.39, 0.29) is 5.57 Å². The normalized spacial score (nSPS) is 15.9. The molecule has 2 N–H and O–H groups in total. The van der Waals surface area contributed by atoms with E-state index in [9.17, 15) is 4.79 Å². The summed E-state index contributed by atoms with van der Waals surface area (Å²) in [6.07, 6.45) is 2.61. The SMILES string of the molecule is C=C(CNCCN(C)C1CC1)C(=O)O. The molecular formula is C10H18N2O2. The Balaban J connectivity index is 1.98. The highest BCUT2D eigenvalue weighted by atomic mass is 16.4. The van der Waals surface area contributed by atoms with Crippen molar-refractivity contribution in [3.05, 3.63) is 12.2 Å². The number of hydrogen-bond acceptors (Lipinski definition) is 3. The highest BCUT2D eigenvalue weighted by Crippen LogP contribution is 2.24. The highest BCUT2D eigenvalue weighted by Gasteiger charge is 2.25. The van der Waals surface area contributed by atoms with Crippen molar-refractivity contribution in [1.82, 2.24) is 10.2 Å². The highest BCUT2D eigenvalue weighted by molar-refractivity contribution is 5.86. The van der Waals surface area contributed by atoms with E-state index < -0.39 is 5.97 Å². The summed E-state index contributed by atoms with van der Waals surface area (Å²) in [4.78, 5) is 12.7. The molecule has 1 rings (SSSR count). The Hall–Kier alpha value is -0.870. The third-order valence-electron chi connectivity index (χ3n) is 2.45. The quantitative estimate of drug-likeness (QED) is 0.456. The molecule has 80 valence electrons. The molecule has 4 nitrogen and oxygen atoms in total.